The predicted octanol–water partition coefficient (Wildman–Crippen LogP) is 5.62. The molecule has 1 saturated carbocycles. The van der Waals surface area contributed by atoms with Crippen molar-refractivity contribution in [3.05, 3.63) is 57.8 Å². The Morgan fingerprint density at radius 1 is 1.21 bits per heavy atom. The first-order chi connectivity index (χ1) is 13.6. The van der Waals surface area contributed by atoms with Gasteiger partial charge in [0.25, 0.3) is 0 Å². The number of thioether (sulfide) groups is 1. The number of halogens is 2. The Balaban J connectivity index is 1.43. The summed E-state index contributed by atoms with van der Waals surface area (Å²) in [6, 6.07) is 7.37. The van der Waals surface area contributed by atoms with Crippen molar-refractivity contribution in [3.8, 4) is 0 Å². The first-order valence-electron chi connectivity index (χ1n) is 8.82. The Labute approximate surface area is 173 Å². The van der Waals surface area contributed by atoms with Crippen molar-refractivity contribution in [3.63, 3.8) is 0 Å². The van der Waals surface area contributed by atoms with E-state index in [4.69, 9.17) is 0 Å². The predicted molar refractivity (Wildman–Crippen MR) is 109 cm³/mol. The molecule has 0 spiro atoms. The van der Waals surface area contributed by atoms with Crippen LogP contribution in [0.2, 0.25) is 0 Å². The molecule has 0 saturated heterocycles. The number of carbonyl (C=O) groups is 1. The van der Waals surface area contributed by atoms with Crippen LogP contribution in [0.4, 0.5) is 13.9 Å². The van der Waals surface area contributed by atoms with Gasteiger partial charge in [-0.25, -0.2) is 8.78 Å². The fourth-order valence-electron chi connectivity index (χ4n) is 3.44. The van der Waals surface area contributed by atoms with E-state index in [2.05, 4.69) is 15.5 Å². The molecule has 2 heterocycles. The normalized spacial score (nSPS) is 15.6. The second-order valence-electron chi connectivity index (χ2n) is 6.62. The van der Waals surface area contributed by atoms with Gasteiger partial charge in [-0.05, 0) is 42.5 Å². The molecule has 0 radical (unpaired) electrons. The highest BCUT2D eigenvalue weighted by atomic mass is 32.2. The van der Waals surface area contributed by atoms with Crippen LogP contribution in [0, 0.1) is 11.6 Å². The molecule has 2 aromatic heterocycles. The smallest absolute Gasteiger partial charge is 0.237 e. The molecular formula is C19H17F2N3OS3. The molecule has 0 aliphatic heterocycles. The highest BCUT2D eigenvalue weighted by Gasteiger charge is 2.43. The summed E-state index contributed by atoms with van der Waals surface area (Å²) >= 11 is 4.11. The summed E-state index contributed by atoms with van der Waals surface area (Å²) in [5, 5.41) is 13.4. The van der Waals surface area contributed by atoms with Gasteiger partial charge in [0.1, 0.15) is 11.6 Å². The lowest BCUT2D eigenvalue weighted by Crippen LogP contribution is -2.37. The van der Waals surface area contributed by atoms with Crippen LogP contribution in [-0.4, -0.2) is 16.1 Å². The maximum atomic E-state index is 13.7. The van der Waals surface area contributed by atoms with Crippen LogP contribution in [0.25, 0.3) is 0 Å². The Kier molecular flexibility index (Phi) is 5.75. The summed E-state index contributed by atoms with van der Waals surface area (Å²) in [5.74, 6) is -0.731. The third-order valence-corrected chi connectivity index (χ3v) is 7.97. The third-order valence-electron chi connectivity index (χ3n) is 4.87. The Bertz CT molecular complexity index is 969. The molecule has 28 heavy (non-hydrogen) atoms. The summed E-state index contributed by atoms with van der Waals surface area (Å²) in [7, 11) is 0. The minimum Gasteiger partial charge on any atom is -0.300 e. The average Bonchev–Trinajstić information content (AvgIpc) is 3.44. The third kappa shape index (κ3) is 3.97. The van der Waals surface area contributed by atoms with Crippen molar-refractivity contribution in [2.45, 2.75) is 41.2 Å². The van der Waals surface area contributed by atoms with Crippen LogP contribution in [0.1, 0.15) is 36.1 Å². The minimum absolute atomic E-state index is 0.0451. The first kappa shape index (κ1) is 19.5. The van der Waals surface area contributed by atoms with E-state index in [0.717, 1.165) is 42.7 Å². The number of benzene rings is 1. The van der Waals surface area contributed by atoms with Gasteiger partial charge >= 0.3 is 0 Å². The summed E-state index contributed by atoms with van der Waals surface area (Å²) in [5.41, 5.74) is -0.217. The molecule has 9 heteroatoms. The van der Waals surface area contributed by atoms with Crippen molar-refractivity contribution in [2.75, 3.05) is 5.32 Å². The van der Waals surface area contributed by atoms with E-state index in [0.29, 0.717) is 9.47 Å². The zero-order valence-electron chi connectivity index (χ0n) is 14.8. The number of carbonyl (C=O) groups excluding carboxylic acids is 1. The van der Waals surface area contributed by atoms with Gasteiger partial charge in [-0.1, -0.05) is 42.0 Å². The van der Waals surface area contributed by atoms with Crippen molar-refractivity contribution in [2.24, 2.45) is 0 Å². The number of nitrogens with zero attached hydrogens (tertiary/aromatic N) is 2. The second kappa shape index (κ2) is 8.26. The molecule has 1 aliphatic carbocycles. The van der Waals surface area contributed by atoms with Crippen LogP contribution in [0.15, 0.2) is 40.1 Å². The van der Waals surface area contributed by atoms with Gasteiger partial charge in [0.05, 0.1) is 5.41 Å². The number of thiophene rings is 1. The van der Waals surface area contributed by atoms with Crippen LogP contribution in [-0.2, 0) is 16.0 Å². The quantitative estimate of drug-likeness (QED) is 0.402. The standard InChI is InChI=1S/C19H17F2N3OS3/c20-13-5-6-14(21)12(10-13)11-27-18-24-23-17(28-18)22-16(25)19(7-1-2-8-19)15-4-3-9-26-15/h3-6,9-10H,1-2,7-8,11H2,(H,22,23,25). The van der Waals surface area contributed by atoms with Gasteiger partial charge < -0.3 is 0 Å². The molecule has 4 nitrogen and oxygen atoms in total. The highest BCUT2D eigenvalue weighted by molar-refractivity contribution is 8.00. The van der Waals surface area contributed by atoms with Gasteiger partial charge in [-0.15, -0.1) is 21.5 Å². The number of rotatable bonds is 6. The Morgan fingerprint density at radius 3 is 2.79 bits per heavy atom. The van der Waals surface area contributed by atoms with E-state index in [-0.39, 0.29) is 17.2 Å². The topological polar surface area (TPSA) is 54.9 Å². The number of hydrogen-bond acceptors (Lipinski definition) is 6. The molecule has 1 aromatic carbocycles. The summed E-state index contributed by atoms with van der Waals surface area (Å²) < 4.78 is 27.6. The molecule has 146 valence electrons. The van der Waals surface area contributed by atoms with E-state index in [1.807, 2.05) is 17.5 Å². The van der Waals surface area contributed by atoms with Gasteiger partial charge in [-0.3, -0.25) is 10.1 Å². The molecule has 1 aliphatic rings. The second-order valence-corrected chi connectivity index (χ2v) is 9.77. The molecule has 1 amide bonds. The summed E-state index contributed by atoms with van der Waals surface area (Å²) in [6.45, 7) is 0. The number of anilines is 1. The van der Waals surface area contributed by atoms with Crippen LogP contribution in [0.3, 0.4) is 0 Å². The molecule has 1 fully saturated rings. The van der Waals surface area contributed by atoms with Crippen molar-refractivity contribution < 1.29 is 13.6 Å². The summed E-state index contributed by atoms with van der Waals surface area (Å²) in [6.07, 6.45) is 3.72. The fraction of sp³-hybridized carbons (Fsp3) is 0.316. The Hall–Kier alpha value is -1.84. The maximum absolute atomic E-state index is 13.7. The molecular weight excluding hydrogens is 420 g/mol. The van der Waals surface area contributed by atoms with Gasteiger partial charge in [0, 0.05) is 16.2 Å². The maximum Gasteiger partial charge on any atom is 0.237 e. The number of nitrogens with one attached hydrogen (secondary N) is 1. The zero-order valence-corrected chi connectivity index (χ0v) is 17.2. The van der Waals surface area contributed by atoms with E-state index < -0.39 is 17.0 Å². The van der Waals surface area contributed by atoms with Crippen LogP contribution >= 0.6 is 34.4 Å². The average molecular weight is 438 g/mol. The SMILES string of the molecule is O=C(Nc1nnc(SCc2cc(F)ccc2F)s1)C1(c2cccs2)CCCC1. The van der Waals surface area contributed by atoms with Crippen molar-refractivity contribution in [1.29, 1.82) is 0 Å². The molecule has 1 N–H and O–H groups in total. The largest absolute Gasteiger partial charge is 0.300 e. The Morgan fingerprint density at radius 2 is 2.04 bits per heavy atom. The first-order valence-corrected chi connectivity index (χ1v) is 11.5. The highest BCUT2D eigenvalue weighted by Crippen LogP contribution is 2.44. The van der Waals surface area contributed by atoms with Crippen LogP contribution in [0.5, 0.6) is 0 Å². The van der Waals surface area contributed by atoms with Gasteiger partial charge in [0.15, 0.2) is 4.34 Å². The van der Waals surface area contributed by atoms with E-state index in [1.54, 1.807) is 11.3 Å². The van der Waals surface area contributed by atoms with Crippen molar-refractivity contribution in [1.82, 2.24) is 10.2 Å². The molecule has 0 unspecified atom stereocenters. The molecule has 3 aromatic rings. The molecule has 0 bridgehead atoms. The zero-order chi connectivity index (χ0) is 19.6. The van der Waals surface area contributed by atoms with E-state index >= 15 is 0 Å². The fourth-order valence-corrected chi connectivity index (χ4v) is 6.15. The lowest BCUT2D eigenvalue weighted by atomic mass is 9.83. The minimum atomic E-state index is -0.488. The van der Waals surface area contributed by atoms with Gasteiger partial charge in [-0.2, -0.15) is 0 Å². The number of amides is 1. The molecule has 4 rings (SSSR count). The van der Waals surface area contributed by atoms with Crippen LogP contribution < -0.4 is 5.32 Å². The number of aromatic nitrogens is 2. The molecule has 0 atom stereocenters. The van der Waals surface area contributed by atoms with E-state index in [9.17, 15) is 13.6 Å². The lowest BCUT2D eigenvalue weighted by molar-refractivity contribution is -0.121. The summed E-state index contributed by atoms with van der Waals surface area (Å²) in [4.78, 5) is 14.1. The van der Waals surface area contributed by atoms with Crippen molar-refractivity contribution >= 4 is 45.5 Å². The van der Waals surface area contributed by atoms with Gasteiger partial charge in [0.2, 0.25) is 11.0 Å². The van der Waals surface area contributed by atoms with E-state index in [1.165, 1.54) is 29.2 Å². The lowest BCUT2D eigenvalue weighted by Gasteiger charge is -2.25. The number of hydrogen-bond donors (Lipinski definition) is 1. The monoisotopic (exact) mass is 437 g/mol.